The van der Waals surface area contributed by atoms with Gasteiger partial charge in [0, 0.05) is 5.75 Å². The molecule has 0 spiro atoms. The number of carbonyl (C=O) groups is 4. The summed E-state index contributed by atoms with van der Waals surface area (Å²) in [6.07, 6.45) is 1.59. The van der Waals surface area contributed by atoms with Crippen LogP contribution < -0.4 is 27.4 Å². The summed E-state index contributed by atoms with van der Waals surface area (Å²) in [6, 6.07) is -3.81. The van der Waals surface area contributed by atoms with E-state index >= 15 is 0 Å². The minimum atomic E-state index is -1.19. The van der Waals surface area contributed by atoms with Crippen LogP contribution >= 0.6 is 12.6 Å². The van der Waals surface area contributed by atoms with Crippen LogP contribution in [0.15, 0.2) is 0 Å². The molecule has 0 rings (SSSR count). The molecule has 4 atom stereocenters. The molecule has 0 aromatic carbocycles. The van der Waals surface area contributed by atoms with Crippen LogP contribution in [0.5, 0.6) is 0 Å². The summed E-state index contributed by atoms with van der Waals surface area (Å²) in [5.41, 5.74) is 11.1. The molecule has 0 aromatic heterocycles. The van der Waals surface area contributed by atoms with Crippen LogP contribution in [-0.4, -0.2) is 65.3 Å². The molecule has 0 heterocycles. The number of carboxylic acids is 1. The van der Waals surface area contributed by atoms with E-state index < -0.39 is 47.9 Å². The molecule has 0 aliphatic heterocycles. The first-order chi connectivity index (χ1) is 13.0. The molecule has 0 saturated carbocycles. The summed E-state index contributed by atoms with van der Waals surface area (Å²) < 4.78 is 0. The van der Waals surface area contributed by atoms with Crippen LogP contribution in [0.3, 0.4) is 0 Å². The molecule has 0 aromatic rings. The van der Waals surface area contributed by atoms with E-state index in [0.717, 1.165) is 0 Å². The Kier molecular flexibility index (Phi) is 12.5. The number of hydrogen-bond donors (Lipinski definition) is 7. The van der Waals surface area contributed by atoms with Crippen molar-refractivity contribution in [3.05, 3.63) is 0 Å². The van der Waals surface area contributed by atoms with Crippen molar-refractivity contribution >= 4 is 36.3 Å². The molecule has 10 nitrogen and oxygen atoms in total. The zero-order chi connectivity index (χ0) is 21.9. The van der Waals surface area contributed by atoms with Crippen molar-refractivity contribution in [1.82, 2.24) is 16.0 Å². The van der Waals surface area contributed by atoms with E-state index in [0.29, 0.717) is 25.8 Å². The molecule has 0 bridgehead atoms. The molecular formula is C17H33N5O5S. The molecule has 4 unspecified atom stereocenters. The third kappa shape index (κ3) is 9.38. The monoisotopic (exact) mass is 419 g/mol. The highest BCUT2D eigenvalue weighted by atomic mass is 32.1. The summed E-state index contributed by atoms with van der Waals surface area (Å²) in [4.78, 5) is 48.1. The minimum Gasteiger partial charge on any atom is -0.480 e. The number of unbranched alkanes of at least 4 members (excludes halogenated alkanes) is 1. The molecule has 0 fully saturated rings. The van der Waals surface area contributed by atoms with Crippen molar-refractivity contribution in [1.29, 1.82) is 0 Å². The van der Waals surface area contributed by atoms with Crippen molar-refractivity contribution < 1.29 is 24.3 Å². The van der Waals surface area contributed by atoms with Gasteiger partial charge in [0.25, 0.3) is 0 Å². The third-order valence-electron chi connectivity index (χ3n) is 4.09. The van der Waals surface area contributed by atoms with Crippen molar-refractivity contribution in [2.75, 3.05) is 12.3 Å². The summed E-state index contributed by atoms with van der Waals surface area (Å²) in [6.45, 7) is 5.21. The first-order valence-corrected chi connectivity index (χ1v) is 9.88. The Morgan fingerprint density at radius 2 is 1.57 bits per heavy atom. The van der Waals surface area contributed by atoms with E-state index in [1.165, 1.54) is 6.92 Å². The number of carbonyl (C=O) groups excluding carboxylic acids is 3. The molecule has 8 N–H and O–H groups in total. The topological polar surface area (TPSA) is 177 Å². The van der Waals surface area contributed by atoms with Gasteiger partial charge in [0.15, 0.2) is 0 Å². The fourth-order valence-corrected chi connectivity index (χ4v) is 2.44. The summed E-state index contributed by atoms with van der Waals surface area (Å²) in [5.74, 6) is -3.05. The van der Waals surface area contributed by atoms with E-state index in [1.807, 2.05) is 0 Å². The maximum Gasteiger partial charge on any atom is 0.325 e. The Morgan fingerprint density at radius 1 is 0.964 bits per heavy atom. The van der Waals surface area contributed by atoms with Gasteiger partial charge < -0.3 is 32.5 Å². The Labute approximate surface area is 171 Å². The number of thiol groups is 1. The maximum atomic E-state index is 12.7. The standard InChI is InChI=1S/C17H33N5O5S/c1-9(2)13(16(25)20-10(3)17(26)27)22-15(24)12(6-4-5-7-18)21-14(23)11(19)8-28/h9-13,28H,4-8,18-19H2,1-3H3,(H,20,25)(H,21,23)(H,22,24)(H,26,27). The molecule has 11 heteroatoms. The van der Waals surface area contributed by atoms with Gasteiger partial charge >= 0.3 is 5.97 Å². The molecule has 0 aliphatic carbocycles. The minimum absolute atomic E-state index is 0.118. The Bertz CT molecular complexity index is 546. The average molecular weight is 420 g/mol. The number of nitrogens with two attached hydrogens (primary N) is 2. The van der Waals surface area contributed by atoms with Crippen molar-refractivity contribution in [2.24, 2.45) is 17.4 Å². The predicted molar refractivity (Wildman–Crippen MR) is 109 cm³/mol. The summed E-state index contributed by atoms with van der Waals surface area (Å²) >= 11 is 3.97. The van der Waals surface area contributed by atoms with Crippen molar-refractivity contribution in [3.8, 4) is 0 Å². The zero-order valence-corrected chi connectivity index (χ0v) is 17.5. The van der Waals surface area contributed by atoms with Gasteiger partial charge in [-0.15, -0.1) is 0 Å². The van der Waals surface area contributed by atoms with Gasteiger partial charge in [-0.1, -0.05) is 13.8 Å². The second kappa shape index (κ2) is 13.3. The van der Waals surface area contributed by atoms with E-state index in [2.05, 4.69) is 28.6 Å². The number of amides is 3. The smallest absolute Gasteiger partial charge is 0.325 e. The number of hydrogen-bond acceptors (Lipinski definition) is 7. The Morgan fingerprint density at radius 3 is 2.04 bits per heavy atom. The first-order valence-electron chi connectivity index (χ1n) is 9.25. The van der Waals surface area contributed by atoms with Gasteiger partial charge in [-0.3, -0.25) is 19.2 Å². The fraction of sp³-hybridized carbons (Fsp3) is 0.765. The largest absolute Gasteiger partial charge is 0.480 e. The Balaban J connectivity index is 5.20. The van der Waals surface area contributed by atoms with Gasteiger partial charge in [0.1, 0.15) is 18.1 Å². The SMILES string of the molecule is CC(NC(=O)C(NC(=O)C(CCCCN)NC(=O)C(N)CS)C(C)C)C(=O)O. The lowest BCUT2D eigenvalue weighted by Gasteiger charge is -2.26. The maximum absolute atomic E-state index is 12.7. The second-order valence-corrected chi connectivity index (χ2v) is 7.30. The van der Waals surface area contributed by atoms with E-state index in [-0.39, 0.29) is 11.7 Å². The van der Waals surface area contributed by atoms with Crippen LogP contribution in [0.1, 0.15) is 40.0 Å². The molecule has 28 heavy (non-hydrogen) atoms. The third-order valence-corrected chi connectivity index (χ3v) is 4.48. The molecule has 3 amide bonds. The first kappa shape index (κ1) is 26.1. The number of aliphatic carboxylic acids is 1. The lowest BCUT2D eigenvalue weighted by atomic mass is 10.0. The summed E-state index contributed by atoms with van der Waals surface area (Å²) in [5, 5.41) is 16.5. The van der Waals surface area contributed by atoms with E-state index in [9.17, 15) is 19.2 Å². The van der Waals surface area contributed by atoms with E-state index in [4.69, 9.17) is 16.6 Å². The van der Waals surface area contributed by atoms with Crippen molar-refractivity contribution in [2.45, 2.75) is 64.2 Å². The average Bonchev–Trinajstić information content (AvgIpc) is 2.63. The highest BCUT2D eigenvalue weighted by Crippen LogP contribution is 2.07. The number of carboxylic acid groups (broad SMARTS) is 1. The van der Waals surface area contributed by atoms with Crippen LogP contribution in [0.2, 0.25) is 0 Å². The quantitative estimate of drug-likeness (QED) is 0.142. The van der Waals surface area contributed by atoms with E-state index in [1.54, 1.807) is 13.8 Å². The van der Waals surface area contributed by atoms with Gasteiger partial charge in [0.2, 0.25) is 17.7 Å². The molecule has 0 aliphatic rings. The fourth-order valence-electron chi connectivity index (χ4n) is 2.28. The second-order valence-electron chi connectivity index (χ2n) is 6.93. The molecule has 0 saturated heterocycles. The number of nitrogens with one attached hydrogen (secondary N) is 3. The van der Waals surface area contributed by atoms with Crippen molar-refractivity contribution in [3.63, 3.8) is 0 Å². The lowest BCUT2D eigenvalue weighted by molar-refractivity contribution is -0.142. The van der Waals surface area contributed by atoms with Crippen LogP contribution in [0, 0.1) is 5.92 Å². The predicted octanol–water partition coefficient (Wildman–Crippen LogP) is -1.41. The van der Waals surface area contributed by atoms with Gasteiger partial charge in [-0.05, 0) is 38.6 Å². The van der Waals surface area contributed by atoms with Gasteiger partial charge in [-0.25, -0.2) is 0 Å². The summed E-state index contributed by atoms with van der Waals surface area (Å²) in [7, 11) is 0. The van der Waals surface area contributed by atoms with Gasteiger partial charge in [-0.2, -0.15) is 12.6 Å². The van der Waals surface area contributed by atoms with Crippen LogP contribution in [0.4, 0.5) is 0 Å². The van der Waals surface area contributed by atoms with Crippen LogP contribution in [-0.2, 0) is 19.2 Å². The van der Waals surface area contributed by atoms with Gasteiger partial charge in [0.05, 0.1) is 6.04 Å². The number of rotatable bonds is 13. The molecular weight excluding hydrogens is 386 g/mol. The zero-order valence-electron chi connectivity index (χ0n) is 16.6. The lowest BCUT2D eigenvalue weighted by Crippen LogP contribution is -2.58. The molecule has 0 radical (unpaired) electrons. The highest BCUT2D eigenvalue weighted by Gasteiger charge is 2.30. The Hall–Kier alpha value is -1.85. The highest BCUT2D eigenvalue weighted by molar-refractivity contribution is 7.80. The molecule has 162 valence electrons. The van der Waals surface area contributed by atoms with Crippen LogP contribution in [0.25, 0.3) is 0 Å². The normalized spacial score (nSPS) is 15.2.